The second-order valence-electron chi connectivity index (χ2n) is 10.4. The molecular weight excluding hydrogens is 384 g/mol. The maximum atomic E-state index is 13.3. The minimum atomic E-state index is 0.184. The first-order valence-corrected chi connectivity index (χ1v) is 12.6. The Bertz CT molecular complexity index is 815. The van der Waals surface area contributed by atoms with Crippen molar-refractivity contribution in [2.75, 3.05) is 19.6 Å². The van der Waals surface area contributed by atoms with Gasteiger partial charge >= 0.3 is 0 Å². The molecule has 0 radical (unpaired) electrons. The van der Waals surface area contributed by atoms with Crippen LogP contribution in [0, 0.1) is 11.8 Å². The molecule has 31 heavy (non-hydrogen) atoms. The number of piperidine rings is 3. The van der Waals surface area contributed by atoms with E-state index >= 15 is 0 Å². The number of hydrogen-bond donors (Lipinski definition) is 0. The zero-order valence-electron chi connectivity index (χ0n) is 19.3. The van der Waals surface area contributed by atoms with Gasteiger partial charge in [-0.05, 0) is 88.4 Å². The number of hydrogen-bond acceptors (Lipinski definition) is 3. The van der Waals surface area contributed by atoms with Gasteiger partial charge in [0.1, 0.15) is 5.75 Å². The molecule has 4 aliphatic rings. The molecule has 3 aliphatic heterocycles. The molecule has 4 heteroatoms. The lowest BCUT2D eigenvalue weighted by Gasteiger charge is -2.54. The Hall–Kier alpha value is -1.81. The van der Waals surface area contributed by atoms with Crippen LogP contribution in [0.25, 0.3) is 0 Å². The van der Waals surface area contributed by atoms with Crippen molar-refractivity contribution >= 4 is 5.91 Å². The lowest BCUT2D eigenvalue weighted by atomic mass is 9.68. The molecule has 0 aromatic heterocycles. The average Bonchev–Trinajstić information content (AvgIpc) is 2.78. The van der Waals surface area contributed by atoms with E-state index in [9.17, 15) is 4.79 Å². The molecule has 0 spiro atoms. The van der Waals surface area contributed by atoms with E-state index in [0.29, 0.717) is 24.3 Å². The van der Waals surface area contributed by atoms with Crippen LogP contribution >= 0.6 is 0 Å². The Morgan fingerprint density at radius 3 is 2.77 bits per heavy atom. The van der Waals surface area contributed by atoms with E-state index in [-0.39, 0.29) is 6.10 Å². The molecular formula is C27H38N2O2. The van der Waals surface area contributed by atoms with E-state index in [1.54, 1.807) is 5.57 Å². The zero-order valence-corrected chi connectivity index (χ0v) is 19.3. The van der Waals surface area contributed by atoms with E-state index in [1.165, 1.54) is 50.8 Å². The first-order chi connectivity index (χ1) is 15.1. The van der Waals surface area contributed by atoms with Crippen LogP contribution in [0.4, 0.5) is 0 Å². The monoisotopic (exact) mass is 422 g/mol. The standard InChI is InChI=1S/C27H38N2O2/c1-19(2)31-24-11-8-20(9-12-24)10-13-26(30)29-15-5-6-21-16-22-17-23(27(21)29)18-28-14-4-3-7-25(22)28/h8-9,11-12,16,19,22-23,25,27H,3-7,10,13-15,17-18H2,1-2H3/t22-,23-,25-,27+/m0/s1. The van der Waals surface area contributed by atoms with Gasteiger partial charge in [-0.3, -0.25) is 9.69 Å². The molecule has 0 saturated carbocycles. The molecule has 4 atom stereocenters. The number of nitrogens with zero attached hydrogens (tertiary/aromatic N) is 2. The van der Waals surface area contributed by atoms with Crippen LogP contribution in [0.15, 0.2) is 35.9 Å². The molecule has 0 N–H and O–H groups in total. The van der Waals surface area contributed by atoms with E-state index < -0.39 is 0 Å². The highest BCUT2D eigenvalue weighted by atomic mass is 16.5. The van der Waals surface area contributed by atoms with Crippen molar-refractivity contribution in [1.82, 2.24) is 9.80 Å². The van der Waals surface area contributed by atoms with Gasteiger partial charge in [-0.1, -0.05) is 30.2 Å². The summed E-state index contributed by atoms with van der Waals surface area (Å²) >= 11 is 0. The minimum absolute atomic E-state index is 0.184. The first kappa shape index (κ1) is 21.1. The highest BCUT2D eigenvalue weighted by Crippen LogP contribution is 2.45. The van der Waals surface area contributed by atoms with Crippen LogP contribution in [-0.2, 0) is 11.2 Å². The summed E-state index contributed by atoms with van der Waals surface area (Å²) in [6.45, 7) is 7.48. The SMILES string of the molecule is CC(C)Oc1ccc(CCC(=O)N2CCCC3=C[C@H]4C[C@@H](CN5CCCC[C@@H]45)[C@@H]32)cc1. The first-order valence-electron chi connectivity index (χ1n) is 12.6. The summed E-state index contributed by atoms with van der Waals surface area (Å²) in [7, 11) is 0. The second kappa shape index (κ2) is 8.97. The quantitative estimate of drug-likeness (QED) is 0.637. The zero-order chi connectivity index (χ0) is 21.4. The topological polar surface area (TPSA) is 32.8 Å². The van der Waals surface area contributed by atoms with Crippen LogP contribution in [-0.4, -0.2) is 53.5 Å². The van der Waals surface area contributed by atoms with Gasteiger partial charge < -0.3 is 9.64 Å². The van der Waals surface area contributed by atoms with Crippen molar-refractivity contribution in [2.45, 2.75) is 83.4 Å². The molecule has 0 unspecified atom stereocenters. The van der Waals surface area contributed by atoms with Gasteiger partial charge in [0.25, 0.3) is 0 Å². The highest BCUT2D eigenvalue weighted by molar-refractivity contribution is 5.77. The molecule has 1 aromatic rings. The molecule has 3 heterocycles. The lowest BCUT2D eigenvalue weighted by Crippen LogP contribution is -2.60. The summed E-state index contributed by atoms with van der Waals surface area (Å²) in [4.78, 5) is 18.4. The fourth-order valence-corrected chi connectivity index (χ4v) is 6.65. The largest absolute Gasteiger partial charge is 0.491 e. The van der Waals surface area contributed by atoms with E-state index in [2.05, 4.69) is 28.0 Å². The summed E-state index contributed by atoms with van der Waals surface area (Å²) in [6, 6.07) is 9.40. The number of likely N-dealkylation sites (tertiary alicyclic amines) is 1. The van der Waals surface area contributed by atoms with Crippen LogP contribution in [0.3, 0.4) is 0 Å². The van der Waals surface area contributed by atoms with E-state index in [4.69, 9.17) is 4.74 Å². The number of benzene rings is 1. The average molecular weight is 423 g/mol. The molecule has 1 aliphatic carbocycles. The molecule has 3 fully saturated rings. The van der Waals surface area contributed by atoms with Crippen molar-refractivity contribution in [3.05, 3.63) is 41.5 Å². The van der Waals surface area contributed by atoms with Crippen molar-refractivity contribution in [1.29, 1.82) is 0 Å². The van der Waals surface area contributed by atoms with Gasteiger partial charge in [0.2, 0.25) is 5.91 Å². The Kier molecular flexibility index (Phi) is 6.10. The van der Waals surface area contributed by atoms with Crippen LogP contribution in [0.2, 0.25) is 0 Å². The molecule has 1 amide bonds. The predicted molar refractivity (Wildman–Crippen MR) is 124 cm³/mol. The Labute approximate surface area is 187 Å². The number of ether oxygens (including phenoxy) is 1. The normalized spacial score (nSPS) is 30.4. The third-order valence-electron chi connectivity index (χ3n) is 7.90. The van der Waals surface area contributed by atoms with Gasteiger partial charge in [0.05, 0.1) is 12.1 Å². The lowest BCUT2D eigenvalue weighted by molar-refractivity contribution is -0.136. The number of carbonyl (C=O) groups excluding carboxylic acids is 1. The van der Waals surface area contributed by atoms with Gasteiger partial charge in [0, 0.05) is 25.6 Å². The number of aryl methyl sites for hydroxylation is 1. The summed E-state index contributed by atoms with van der Waals surface area (Å²) < 4.78 is 5.74. The van der Waals surface area contributed by atoms with Gasteiger partial charge in [0.15, 0.2) is 0 Å². The molecule has 1 aromatic carbocycles. The smallest absolute Gasteiger partial charge is 0.223 e. The molecule has 2 bridgehead atoms. The maximum Gasteiger partial charge on any atom is 0.223 e. The fourth-order valence-electron chi connectivity index (χ4n) is 6.65. The number of rotatable bonds is 5. The van der Waals surface area contributed by atoms with E-state index in [1.807, 2.05) is 26.0 Å². The van der Waals surface area contributed by atoms with Crippen molar-refractivity contribution in [2.24, 2.45) is 11.8 Å². The third kappa shape index (κ3) is 4.41. The van der Waals surface area contributed by atoms with Crippen molar-refractivity contribution in [3.63, 3.8) is 0 Å². The summed E-state index contributed by atoms with van der Waals surface area (Å²) in [5.41, 5.74) is 2.80. The summed E-state index contributed by atoms with van der Waals surface area (Å²) in [5.74, 6) is 2.61. The van der Waals surface area contributed by atoms with E-state index in [0.717, 1.165) is 37.1 Å². The number of carbonyl (C=O) groups is 1. The van der Waals surface area contributed by atoms with Crippen molar-refractivity contribution < 1.29 is 9.53 Å². The summed E-state index contributed by atoms with van der Waals surface area (Å²) in [5, 5.41) is 0. The van der Waals surface area contributed by atoms with Crippen LogP contribution < -0.4 is 4.74 Å². The van der Waals surface area contributed by atoms with Gasteiger partial charge in [-0.2, -0.15) is 0 Å². The Morgan fingerprint density at radius 1 is 1.13 bits per heavy atom. The Balaban J connectivity index is 1.25. The summed E-state index contributed by atoms with van der Waals surface area (Å²) in [6.07, 6.45) is 11.9. The van der Waals surface area contributed by atoms with Crippen LogP contribution in [0.1, 0.15) is 64.4 Å². The van der Waals surface area contributed by atoms with Gasteiger partial charge in [-0.25, -0.2) is 0 Å². The van der Waals surface area contributed by atoms with Crippen molar-refractivity contribution in [3.8, 4) is 5.75 Å². The number of amides is 1. The molecule has 5 rings (SSSR count). The maximum absolute atomic E-state index is 13.3. The third-order valence-corrected chi connectivity index (χ3v) is 7.90. The van der Waals surface area contributed by atoms with Gasteiger partial charge in [-0.15, -0.1) is 0 Å². The fraction of sp³-hybridized carbons (Fsp3) is 0.667. The minimum Gasteiger partial charge on any atom is -0.491 e. The highest BCUT2D eigenvalue weighted by Gasteiger charge is 2.46. The number of fused-ring (bicyclic) bond motifs is 6. The second-order valence-corrected chi connectivity index (χ2v) is 10.4. The molecule has 3 saturated heterocycles. The van der Waals surface area contributed by atoms with Crippen LogP contribution in [0.5, 0.6) is 5.75 Å². The predicted octanol–water partition coefficient (Wildman–Crippen LogP) is 4.83. The molecule has 168 valence electrons. The molecule has 4 nitrogen and oxygen atoms in total. The Morgan fingerprint density at radius 2 is 1.97 bits per heavy atom.